The molecule has 1 saturated heterocycles. The molecule has 0 spiro atoms. The summed E-state index contributed by atoms with van der Waals surface area (Å²) in [4.78, 5) is 12.8. The second kappa shape index (κ2) is 8.53. The molecule has 2 aromatic heterocycles. The van der Waals surface area contributed by atoms with Crippen LogP contribution in [-0.4, -0.2) is 62.3 Å². The maximum atomic E-state index is 11.5. The minimum Gasteiger partial charge on any atom is -0.382 e. The van der Waals surface area contributed by atoms with Gasteiger partial charge in [0.05, 0.1) is 11.9 Å². The van der Waals surface area contributed by atoms with Crippen molar-refractivity contribution in [1.29, 1.82) is 0 Å². The molecule has 4 rings (SSSR count). The minimum absolute atomic E-state index is 0.580. The lowest BCUT2D eigenvalue weighted by molar-refractivity contribution is 0.247. The summed E-state index contributed by atoms with van der Waals surface area (Å²) in [6.45, 7) is 7.57. The number of rotatable bonds is 7. The Morgan fingerprint density at radius 1 is 1.13 bits per heavy atom. The number of piperazine rings is 1. The molecule has 0 bridgehead atoms. The van der Waals surface area contributed by atoms with E-state index >= 15 is 0 Å². The van der Waals surface area contributed by atoms with E-state index in [1.54, 1.807) is 6.07 Å². The zero-order valence-corrected chi connectivity index (χ0v) is 18.2. The summed E-state index contributed by atoms with van der Waals surface area (Å²) in [5, 5.41) is 4.39. The van der Waals surface area contributed by atoms with Crippen LogP contribution in [0.1, 0.15) is 12.6 Å². The van der Waals surface area contributed by atoms with Gasteiger partial charge in [0.1, 0.15) is 0 Å². The summed E-state index contributed by atoms with van der Waals surface area (Å²) in [5.41, 5.74) is 3.80. The highest BCUT2D eigenvalue weighted by Crippen LogP contribution is 2.25. The number of sulfonamides is 1. The third kappa shape index (κ3) is 4.85. The van der Waals surface area contributed by atoms with Gasteiger partial charge < -0.3 is 15.2 Å². The Morgan fingerprint density at radius 3 is 2.67 bits per heavy atom. The van der Waals surface area contributed by atoms with Crippen molar-refractivity contribution in [1.82, 2.24) is 14.9 Å². The first-order valence-electron chi connectivity index (χ1n) is 10.2. The molecule has 0 amide bonds. The summed E-state index contributed by atoms with van der Waals surface area (Å²) in [7, 11) is -3.28. The quantitative estimate of drug-likeness (QED) is 0.536. The molecule has 3 heterocycles. The van der Waals surface area contributed by atoms with E-state index in [9.17, 15) is 8.42 Å². The smallest absolute Gasteiger partial charge is 0.229 e. The fourth-order valence-corrected chi connectivity index (χ4v) is 4.45. The van der Waals surface area contributed by atoms with Crippen molar-refractivity contribution in [2.24, 2.45) is 0 Å². The number of aromatic amines is 1. The first-order valence-corrected chi connectivity index (χ1v) is 12.1. The third-order valence-corrected chi connectivity index (χ3v) is 5.81. The molecule has 0 aliphatic carbocycles. The normalized spacial score (nSPS) is 15.5. The fraction of sp³-hybridized carbons (Fsp3) is 0.381. The maximum Gasteiger partial charge on any atom is 0.229 e. The van der Waals surface area contributed by atoms with E-state index in [2.05, 4.69) is 48.9 Å². The summed E-state index contributed by atoms with van der Waals surface area (Å²) in [5.74, 6) is 1.02. The predicted octanol–water partition coefficient (Wildman–Crippen LogP) is 2.69. The van der Waals surface area contributed by atoms with Crippen molar-refractivity contribution in [3.8, 4) is 0 Å². The summed E-state index contributed by atoms with van der Waals surface area (Å²) < 4.78 is 25.4. The molecule has 0 unspecified atom stereocenters. The van der Waals surface area contributed by atoms with Crippen LogP contribution in [0.3, 0.4) is 0 Å². The number of H-pyrrole nitrogens is 1. The minimum atomic E-state index is -3.28. The Hall–Kier alpha value is -2.78. The van der Waals surface area contributed by atoms with Crippen LogP contribution in [0.25, 0.3) is 10.9 Å². The van der Waals surface area contributed by atoms with E-state index in [-0.39, 0.29) is 0 Å². The molecule has 1 fully saturated rings. The van der Waals surface area contributed by atoms with E-state index in [1.165, 1.54) is 0 Å². The lowest BCUT2D eigenvalue weighted by Gasteiger charge is -2.36. The first kappa shape index (κ1) is 20.5. The second-order valence-corrected chi connectivity index (χ2v) is 9.39. The van der Waals surface area contributed by atoms with Gasteiger partial charge in [0.25, 0.3) is 0 Å². The number of nitrogens with zero attached hydrogens (tertiary/aromatic N) is 3. The van der Waals surface area contributed by atoms with Gasteiger partial charge in [-0.05, 0) is 43.3 Å². The number of nitrogens with one attached hydrogen (secondary N) is 3. The molecule has 8 nitrogen and oxygen atoms in total. The number of aromatic nitrogens is 2. The molecule has 3 N–H and O–H groups in total. The maximum absolute atomic E-state index is 11.5. The Kier molecular flexibility index (Phi) is 5.83. The molecule has 30 heavy (non-hydrogen) atoms. The SMILES string of the molecule is CCNc1cccnc1N1CCN(Cc2cc3cc(NS(C)(=O)=O)ccc3[nH]2)CC1. The molecule has 3 aromatic rings. The monoisotopic (exact) mass is 428 g/mol. The van der Waals surface area contributed by atoms with Crippen molar-refractivity contribution >= 4 is 38.1 Å². The van der Waals surface area contributed by atoms with Gasteiger partial charge >= 0.3 is 0 Å². The average Bonchev–Trinajstić information content (AvgIpc) is 3.09. The number of fused-ring (bicyclic) bond motifs is 1. The Bertz CT molecular complexity index is 1120. The predicted molar refractivity (Wildman–Crippen MR) is 123 cm³/mol. The number of hydrogen-bond donors (Lipinski definition) is 3. The number of hydrogen-bond acceptors (Lipinski definition) is 6. The van der Waals surface area contributed by atoms with Crippen LogP contribution in [0.2, 0.25) is 0 Å². The third-order valence-electron chi connectivity index (χ3n) is 5.20. The van der Waals surface area contributed by atoms with Gasteiger partial charge in [-0.25, -0.2) is 13.4 Å². The van der Waals surface area contributed by atoms with Gasteiger partial charge in [-0.15, -0.1) is 0 Å². The van der Waals surface area contributed by atoms with Crippen LogP contribution in [0.4, 0.5) is 17.2 Å². The van der Waals surface area contributed by atoms with Crippen molar-refractivity contribution < 1.29 is 8.42 Å². The van der Waals surface area contributed by atoms with E-state index in [1.807, 2.05) is 24.4 Å². The second-order valence-electron chi connectivity index (χ2n) is 7.64. The highest BCUT2D eigenvalue weighted by atomic mass is 32.2. The summed E-state index contributed by atoms with van der Waals surface area (Å²) in [6.07, 6.45) is 3.01. The lowest BCUT2D eigenvalue weighted by Crippen LogP contribution is -2.46. The van der Waals surface area contributed by atoms with Gasteiger partial charge in [-0.3, -0.25) is 9.62 Å². The molecule has 9 heteroatoms. The number of pyridine rings is 1. The Labute approximate surface area is 177 Å². The molecule has 1 aromatic carbocycles. The Morgan fingerprint density at radius 2 is 1.93 bits per heavy atom. The van der Waals surface area contributed by atoms with Gasteiger partial charge in [-0.1, -0.05) is 0 Å². The summed E-state index contributed by atoms with van der Waals surface area (Å²) >= 11 is 0. The van der Waals surface area contributed by atoms with Crippen molar-refractivity contribution in [2.45, 2.75) is 13.5 Å². The van der Waals surface area contributed by atoms with Crippen molar-refractivity contribution in [3.63, 3.8) is 0 Å². The number of anilines is 3. The van der Waals surface area contributed by atoms with E-state index in [0.29, 0.717) is 5.69 Å². The van der Waals surface area contributed by atoms with Gasteiger partial charge in [-0.2, -0.15) is 0 Å². The average molecular weight is 429 g/mol. The standard InChI is InChI=1S/C21H28N6O2S/c1-3-22-20-5-4-8-23-21(20)27-11-9-26(10-12-27)15-18-14-16-13-17(25-30(2,28)29)6-7-19(16)24-18/h4-8,13-14,22,24-25H,3,9-12,15H2,1-2H3. The van der Waals surface area contributed by atoms with Crippen LogP contribution >= 0.6 is 0 Å². The highest BCUT2D eigenvalue weighted by molar-refractivity contribution is 7.92. The van der Waals surface area contributed by atoms with Crippen molar-refractivity contribution in [2.75, 3.05) is 53.9 Å². The zero-order chi connectivity index (χ0) is 21.1. The van der Waals surface area contributed by atoms with Crippen LogP contribution in [0.5, 0.6) is 0 Å². The van der Waals surface area contributed by atoms with Crippen LogP contribution < -0.4 is 14.9 Å². The Balaban J connectivity index is 1.40. The summed E-state index contributed by atoms with van der Waals surface area (Å²) in [6, 6.07) is 11.7. The molecule has 160 valence electrons. The number of benzene rings is 1. The first-order chi connectivity index (χ1) is 14.4. The zero-order valence-electron chi connectivity index (χ0n) is 17.4. The van der Waals surface area contributed by atoms with Crippen LogP contribution in [0.15, 0.2) is 42.6 Å². The van der Waals surface area contributed by atoms with E-state index < -0.39 is 10.0 Å². The molecule has 1 aliphatic heterocycles. The van der Waals surface area contributed by atoms with Gasteiger partial charge in [0.15, 0.2) is 5.82 Å². The van der Waals surface area contributed by atoms with Crippen LogP contribution in [0, 0.1) is 0 Å². The molecule has 0 radical (unpaired) electrons. The molecular formula is C21H28N6O2S. The highest BCUT2D eigenvalue weighted by Gasteiger charge is 2.20. The molecule has 0 saturated carbocycles. The van der Waals surface area contributed by atoms with Gasteiger partial charge in [0, 0.05) is 67.7 Å². The van der Waals surface area contributed by atoms with Gasteiger partial charge in [0.2, 0.25) is 10.0 Å². The molecule has 1 aliphatic rings. The lowest BCUT2D eigenvalue weighted by atomic mass is 10.2. The van der Waals surface area contributed by atoms with E-state index in [4.69, 9.17) is 0 Å². The largest absolute Gasteiger partial charge is 0.382 e. The molecule has 0 atom stereocenters. The molecular weight excluding hydrogens is 400 g/mol. The van der Waals surface area contributed by atoms with E-state index in [0.717, 1.165) is 73.6 Å². The van der Waals surface area contributed by atoms with Crippen LogP contribution in [-0.2, 0) is 16.6 Å². The van der Waals surface area contributed by atoms with Crippen molar-refractivity contribution in [3.05, 3.63) is 48.3 Å². The topological polar surface area (TPSA) is 93.4 Å². The fourth-order valence-electron chi connectivity index (χ4n) is 3.89.